The van der Waals surface area contributed by atoms with Gasteiger partial charge in [-0.2, -0.15) is 4.31 Å². The fourth-order valence-corrected chi connectivity index (χ4v) is 5.45. The highest BCUT2D eigenvalue weighted by Gasteiger charge is 2.43. The van der Waals surface area contributed by atoms with Gasteiger partial charge in [-0.3, -0.25) is 4.90 Å². The summed E-state index contributed by atoms with van der Waals surface area (Å²) >= 11 is 12.6. The van der Waals surface area contributed by atoms with Gasteiger partial charge in [-0.1, -0.05) is 41.4 Å². The molecule has 0 bridgehead atoms. The lowest BCUT2D eigenvalue weighted by molar-refractivity contribution is 0.253. The number of ether oxygens (including phenoxy) is 1. The van der Waals surface area contributed by atoms with Gasteiger partial charge in [-0.15, -0.1) is 0 Å². The molecule has 0 radical (unpaired) electrons. The Kier molecular flexibility index (Phi) is 5.47. The first-order valence-corrected chi connectivity index (χ1v) is 11.2. The third kappa shape index (κ3) is 3.56. The predicted octanol–water partition coefficient (Wildman–Crippen LogP) is 5.04. The summed E-state index contributed by atoms with van der Waals surface area (Å²) in [5.74, 6) is -0.159. The molecule has 1 aliphatic rings. The van der Waals surface area contributed by atoms with Crippen LogP contribution in [0.4, 0.5) is 16.2 Å². The van der Waals surface area contributed by atoms with Crippen molar-refractivity contribution < 1.29 is 23.1 Å². The fraction of sp³-hybridized carbons (Fsp3) is 0.0952. The molecule has 1 N–H and O–H groups in total. The summed E-state index contributed by atoms with van der Waals surface area (Å²) in [4.78, 5) is 14.7. The maximum atomic E-state index is 13.5. The molecule has 0 aliphatic carbocycles. The number of benzene rings is 3. The lowest BCUT2D eigenvalue weighted by atomic mass is 10.2. The third-order valence-electron chi connectivity index (χ3n) is 4.85. The highest BCUT2D eigenvalue weighted by Crippen LogP contribution is 2.41. The van der Waals surface area contributed by atoms with Crippen LogP contribution in [0, 0.1) is 0 Å². The molecule has 10 heteroatoms. The second-order valence-electron chi connectivity index (χ2n) is 6.66. The van der Waals surface area contributed by atoms with E-state index in [0.29, 0.717) is 19.9 Å². The number of aromatic hydroxyl groups is 1. The third-order valence-corrected chi connectivity index (χ3v) is 7.31. The number of nitrogens with zero attached hydrogens (tertiary/aromatic N) is 2. The molecule has 0 unspecified atom stereocenters. The zero-order chi connectivity index (χ0) is 22.3. The van der Waals surface area contributed by atoms with Crippen LogP contribution in [0.2, 0.25) is 10.0 Å². The summed E-state index contributed by atoms with van der Waals surface area (Å²) in [6.07, 6.45) is 0. The first kappa shape index (κ1) is 21.3. The van der Waals surface area contributed by atoms with Crippen molar-refractivity contribution in [3.63, 3.8) is 0 Å². The normalized spacial score (nSPS) is 15.0. The average Bonchev–Trinajstić information content (AvgIpc) is 2.74. The maximum absolute atomic E-state index is 13.5. The van der Waals surface area contributed by atoms with E-state index in [9.17, 15) is 18.3 Å². The quantitative estimate of drug-likeness (QED) is 0.567. The second-order valence-corrected chi connectivity index (χ2v) is 9.23. The van der Waals surface area contributed by atoms with E-state index in [1.807, 2.05) is 0 Å². The van der Waals surface area contributed by atoms with E-state index < -0.39 is 16.1 Å². The van der Waals surface area contributed by atoms with Gasteiger partial charge in [-0.25, -0.2) is 13.2 Å². The smallest absolute Gasteiger partial charge is 0.343 e. The number of urea groups is 1. The average molecular weight is 479 g/mol. The van der Waals surface area contributed by atoms with Crippen molar-refractivity contribution in [3.8, 4) is 11.5 Å². The number of halogens is 2. The molecule has 2 amide bonds. The van der Waals surface area contributed by atoms with Crippen molar-refractivity contribution in [1.29, 1.82) is 0 Å². The van der Waals surface area contributed by atoms with Crippen molar-refractivity contribution in [3.05, 3.63) is 76.3 Å². The molecule has 0 saturated heterocycles. The van der Waals surface area contributed by atoms with Crippen LogP contribution in [0.15, 0.2) is 65.6 Å². The van der Waals surface area contributed by atoms with Crippen molar-refractivity contribution in [1.82, 2.24) is 0 Å². The molecular weight excluding hydrogens is 463 g/mol. The number of sulfonamides is 1. The first-order valence-electron chi connectivity index (χ1n) is 9.01. The molecule has 7 nitrogen and oxygen atoms in total. The van der Waals surface area contributed by atoms with E-state index in [2.05, 4.69) is 0 Å². The predicted molar refractivity (Wildman–Crippen MR) is 119 cm³/mol. The van der Waals surface area contributed by atoms with E-state index >= 15 is 0 Å². The zero-order valence-corrected chi connectivity index (χ0v) is 18.4. The lowest BCUT2D eigenvalue weighted by Crippen LogP contribution is -2.50. The summed E-state index contributed by atoms with van der Waals surface area (Å²) in [5.41, 5.74) is 0.714. The Balaban J connectivity index is 1.90. The van der Waals surface area contributed by atoms with Crippen LogP contribution in [0.3, 0.4) is 0 Å². The fourth-order valence-electron chi connectivity index (χ4n) is 3.35. The number of carbonyl (C=O) groups is 1. The Morgan fingerprint density at radius 1 is 1.00 bits per heavy atom. The SMILES string of the molecule is COc1cc(N2C(=O)N(Cc3c(Cl)cccc3Cl)c3ccccc3S2(=O)=O)ccc1O. The molecule has 0 saturated carbocycles. The van der Waals surface area contributed by atoms with Crippen LogP contribution >= 0.6 is 23.2 Å². The van der Waals surface area contributed by atoms with Crippen molar-refractivity contribution in [2.45, 2.75) is 11.4 Å². The van der Waals surface area contributed by atoms with Crippen molar-refractivity contribution >= 4 is 50.6 Å². The summed E-state index contributed by atoms with van der Waals surface area (Å²) < 4.78 is 32.4. The number of methoxy groups -OCH3 is 1. The topological polar surface area (TPSA) is 87.2 Å². The van der Waals surface area contributed by atoms with Crippen LogP contribution in [-0.4, -0.2) is 26.7 Å². The molecule has 3 aromatic carbocycles. The molecule has 0 fully saturated rings. The largest absolute Gasteiger partial charge is 0.504 e. The summed E-state index contributed by atoms with van der Waals surface area (Å²) in [6, 6.07) is 14.2. The van der Waals surface area contributed by atoms with Gasteiger partial charge in [0.2, 0.25) is 0 Å². The first-order chi connectivity index (χ1) is 14.8. The van der Waals surface area contributed by atoms with E-state index in [1.165, 1.54) is 36.3 Å². The van der Waals surface area contributed by atoms with Gasteiger partial charge in [0, 0.05) is 21.7 Å². The van der Waals surface area contributed by atoms with Gasteiger partial charge in [-0.05, 0) is 36.4 Å². The summed E-state index contributed by atoms with van der Waals surface area (Å²) in [5, 5.41) is 10.6. The van der Waals surface area contributed by atoms with Crippen LogP contribution in [-0.2, 0) is 16.6 Å². The molecule has 4 rings (SSSR count). The molecule has 1 heterocycles. The van der Waals surface area contributed by atoms with Crippen LogP contribution < -0.4 is 13.9 Å². The second kappa shape index (κ2) is 7.96. The Labute approximate surface area is 189 Å². The molecule has 0 aromatic heterocycles. The van der Waals surface area contributed by atoms with Crippen LogP contribution in [0.5, 0.6) is 11.5 Å². The van der Waals surface area contributed by atoms with Crippen molar-refractivity contribution in [2.75, 3.05) is 16.3 Å². The standard InChI is InChI=1S/C21H16Cl2N2O5S/c1-30-19-11-13(9-10-18(19)26)25-21(27)24(12-14-15(22)5-4-6-16(14)23)17-7-2-3-8-20(17)31(25,28)29/h2-11,26H,12H2,1H3. The number of hydrogen-bond donors (Lipinski definition) is 1. The number of amides is 2. The minimum absolute atomic E-state index is 0.0180. The Morgan fingerprint density at radius 3 is 2.35 bits per heavy atom. The number of hydrogen-bond acceptors (Lipinski definition) is 5. The Hall–Kier alpha value is -2.94. The van der Waals surface area contributed by atoms with Crippen LogP contribution in [0.1, 0.15) is 5.56 Å². The van der Waals surface area contributed by atoms with Gasteiger partial charge in [0.05, 0.1) is 25.0 Å². The monoisotopic (exact) mass is 478 g/mol. The van der Waals surface area contributed by atoms with E-state index in [0.717, 1.165) is 0 Å². The van der Waals surface area contributed by atoms with E-state index in [4.69, 9.17) is 27.9 Å². The molecule has 160 valence electrons. The molecular formula is C21H16Cl2N2O5S. The number of fused-ring (bicyclic) bond motifs is 1. The zero-order valence-electron chi connectivity index (χ0n) is 16.1. The number of phenolic OH excluding ortho intramolecular Hbond substituents is 1. The molecule has 0 atom stereocenters. The Bertz CT molecular complexity index is 1280. The maximum Gasteiger partial charge on any atom is 0.343 e. The molecule has 1 aliphatic heterocycles. The highest BCUT2D eigenvalue weighted by atomic mass is 35.5. The highest BCUT2D eigenvalue weighted by molar-refractivity contribution is 7.94. The number of para-hydroxylation sites is 1. The van der Waals surface area contributed by atoms with Gasteiger partial charge in [0.15, 0.2) is 11.5 Å². The molecule has 3 aromatic rings. The van der Waals surface area contributed by atoms with E-state index in [1.54, 1.807) is 36.4 Å². The molecule has 31 heavy (non-hydrogen) atoms. The number of anilines is 2. The minimum atomic E-state index is -4.23. The minimum Gasteiger partial charge on any atom is -0.504 e. The van der Waals surface area contributed by atoms with Gasteiger partial charge in [0.1, 0.15) is 4.90 Å². The molecule has 0 spiro atoms. The number of rotatable bonds is 4. The van der Waals surface area contributed by atoms with Crippen LogP contribution in [0.25, 0.3) is 0 Å². The Morgan fingerprint density at radius 2 is 1.68 bits per heavy atom. The number of carbonyl (C=O) groups excluding carboxylic acids is 1. The van der Waals surface area contributed by atoms with Gasteiger partial charge < -0.3 is 9.84 Å². The lowest BCUT2D eigenvalue weighted by Gasteiger charge is -2.36. The van der Waals surface area contributed by atoms with Crippen molar-refractivity contribution in [2.24, 2.45) is 0 Å². The van der Waals surface area contributed by atoms with Gasteiger partial charge in [0.25, 0.3) is 10.0 Å². The summed E-state index contributed by atoms with van der Waals surface area (Å²) in [7, 11) is -2.90. The number of phenols is 1. The van der Waals surface area contributed by atoms with E-state index in [-0.39, 0.29) is 34.3 Å². The summed E-state index contributed by atoms with van der Waals surface area (Å²) in [6.45, 7) is -0.0460. The van der Waals surface area contributed by atoms with Gasteiger partial charge >= 0.3 is 6.03 Å².